The van der Waals surface area contributed by atoms with Crippen molar-refractivity contribution in [1.82, 2.24) is 15.2 Å². The van der Waals surface area contributed by atoms with Gasteiger partial charge in [-0.15, -0.1) is 21.5 Å². The minimum atomic E-state index is -0.278. The van der Waals surface area contributed by atoms with Gasteiger partial charge in [0.15, 0.2) is 9.35 Å². The third-order valence-electron chi connectivity index (χ3n) is 4.47. The molecular weight excluding hydrogens is 452 g/mol. The van der Waals surface area contributed by atoms with Gasteiger partial charge in [0.25, 0.3) is 0 Å². The lowest BCUT2D eigenvalue weighted by Gasteiger charge is -2.11. The van der Waals surface area contributed by atoms with Gasteiger partial charge >= 0.3 is 0 Å². The van der Waals surface area contributed by atoms with Crippen molar-refractivity contribution >= 4 is 55.7 Å². The van der Waals surface area contributed by atoms with Crippen LogP contribution in [0.1, 0.15) is 13.3 Å². The second-order valence-corrected chi connectivity index (χ2v) is 9.89. The van der Waals surface area contributed by atoms with Crippen LogP contribution in [0.5, 0.6) is 11.5 Å². The summed E-state index contributed by atoms with van der Waals surface area (Å²) in [5.41, 5.74) is 1.71. The van der Waals surface area contributed by atoms with E-state index in [1.165, 1.54) is 23.1 Å². The summed E-state index contributed by atoms with van der Waals surface area (Å²) in [6, 6.07) is 13.4. The van der Waals surface area contributed by atoms with Gasteiger partial charge < -0.3 is 9.47 Å². The van der Waals surface area contributed by atoms with E-state index in [9.17, 15) is 4.79 Å². The van der Waals surface area contributed by atoms with Crippen molar-refractivity contribution in [1.29, 1.82) is 0 Å². The average Bonchev–Trinajstić information content (AvgIpc) is 3.43. The molecule has 4 rings (SSSR count). The lowest BCUT2D eigenvalue weighted by atomic mass is 10.2. The molecular formula is C21H20N4O3S3. The molecule has 0 aliphatic carbocycles. The highest BCUT2D eigenvalue weighted by Crippen LogP contribution is 2.37. The van der Waals surface area contributed by atoms with E-state index in [0.29, 0.717) is 28.1 Å². The van der Waals surface area contributed by atoms with Crippen molar-refractivity contribution in [3.05, 3.63) is 42.5 Å². The van der Waals surface area contributed by atoms with Crippen LogP contribution in [-0.2, 0) is 4.79 Å². The van der Waals surface area contributed by atoms with E-state index >= 15 is 0 Å². The van der Waals surface area contributed by atoms with E-state index in [2.05, 4.69) is 20.5 Å². The monoisotopic (exact) mass is 472 g/mol. The smallest absolute Gasteiger partial charge is 0.239 e. The Hall–Kier alpha value is -2.69. The zero-order chi connectivity index (χ0) is 21.8. The maximum Gasteiger partial charge on any atom is 0.239 e. The molecule has 0 bridgehead atoms. The molecule has 0 radical (unpaired) electrons. The first-order valence-electron chi connectivity index (χ1n) is 9.50. The first-order valence-corrected chi connectivity index (χ1v) is 12.0. The number of hydrogen-bond donors (Lipinski definition) is 1. The molecule has 0 fully saturated rings. The number of fused-ring (bicyclic) bond motifs is 1. The molecule has 1 N–H and O–H groups in total. The van der Waals surface area contributed by atoms with Crippen LogP contribution in [0.3, 0.4) is 0 Å². The Kier molecular flexibility index (Phi) is 6.69. The summed E-state index contributed by atoms with van der Waals surface area (Å²) in [4.78, 5) is 17.5. The number of para-hydroxylation sites is 1. The largest absolute Gasteiger partial charge is 0.497 e. The number of thioether (sulfide) groups is 1. The van der Waals surface area contributed by atoms with Gasteiger partial charge in [-0.3, -0.25) is 10.1 Å². The summed E-state index contributed by atoms with van der Waals surface area (Å²) in [6.07, 6.45) is 0.668. The number of carbonyl (C=O) groups is 1. The predicted octanol–water partition coefficient (Wildman–Crippen LogP) is 5.34. The summed E-state index contributed by atoms with van der Waals surface area (Å²) in [5, 5.41) is 12.1. The van der Waals surface area contributed by atoms with Crippen LogP contribution in [0, 0.1) is 0 Å². The number of nitrogens with one attached hydrogen (secondary N) is 1. The molecule has 31 heavy (non-hydrogen) atoms. The van der Waals surface area contributed by atoms with Crippen LogP contribution < -0.4 is 14.8 Å². The summed E-state index contributed by atoms with van der Waals surface area (Å²) < 4.78 is 12.7. The Balaban J connectivity index is 1.49. The molecule has 1 unspecified atom stereocenters. The Bertz CT molecular complexity index is 1170. The van der Waals surface area contributed by atoms with Crippen LogP contribution in [0.15, 0.2) is 46.8 Å². The molecule has 1 amide bonds. The predicted molar refractivity (Wildman–Crippen MR) is 127 cm³/mol. The molecule has 0 spiro atoms. The molecule has 1 atom stereocenters. The van der Waals surface area contributed by atoms with Crippen molar-refractivity contribution in [3.63, 3.8) is 0 Å². The third kappa shape index (κ3) is 4.81. The topological polar surface area (TPSA) is 86.2 Å². The molecule has 2 aromatic carbocycles. The molecule has 7 nitrogen and oxygen atoms in total. The quantitative estimate of drug-likeness (QED) is 0.346. The number of benzene rings is 2. The van der Waals surface area contributed by atoms with E-state index in [-0.39, 0.29) is 11.2 Å². The lowest BCUT2D eigenvalue weighted by molar-refractivity contribution is -0.115. The molecule has 0 aliphatic heterocycles. The van der Waals surface area contributed by atoms with Gasteiger partial charge in [-0.2, -0.15) is 0 Å². The molecule has 0 saturated heterocycles. The Labute approximate surface area is 191 Å². The van der Waals surface area contributed by atoms with E-state index in [1.54, 1.807) is 25.6 Å². The van der Waals surface area contributed by atoms with Gasteiger partial charge in [-0.25, -0.2) is 4.98 Å². The molecule has 4 aromatic rings. The van der Waals surface area contributed by atoms with Gasteiger partial charge in [-0.05, 0) is 36.8 Å². The average molecular weight is 473 g/mol. The molecule has 2 heterocycles. The Morgan fingerprint density at radius 3 is 2.71 bits per heavy atom. The number of amides is 1. The van der Waals surface area contributed by atoms with Crippen molar-refractivity contribution in [2.24, 2.45) is 0 Å². The van der Waals surface area contributed by atoms with Crippen molar-refractivity contribution in [3.8, 4) is 22.1 Å². The van der Waals surface area contributed by atoms with E-state index in [4.69, 9.17) is 9.47 Å². The van der Waals surface area contributed by atoms with Crippen LogP contribution in [0.25, 0.3) is 20.8 Å². The number of hydrogen-bond acceptors (Lipinski definition) is 9. The SMILES string of the molecule is CCC(Sc1nc2ccccc2s1)C(=O)Nc1nnc(-c2cc(OC)ccc2OC)s1. The maximum absolute atomic E-state index is 12.9. The lowest BCUT2D eigenvalue weighted by Crippen LogP contribution is -2.24. The van der Waals surface area contributed by atoms with Crippen LogP contribution >= 0.6 is 34.4 Å². The summed E-state index contributed by atoms with van der Waals surface area (Å²) in [6.45, 7) is 1.98. The van der Waals surface area contributed by atoms with Gasteiger partial charge in [-0.1, -0.05) is 42.2 Å². The number of methoxy groups -OCH3 is 2. The van der Waals surface area contributed by atoms with Crippen LogP contribution in [-0.4, -0.2) is 40.6 Å². The number of carbonyl (C=O) groups excluding carboxylic acids is 1. The number of nitrogens with zero attached hydrogens (tertiary/aromatic N) is 3. The Morgan fingerprint density at radius 1 is 1.13 bits per heavy atom. The minimum Gasteiger partial charge on any atom is -0.497 e. The van der Waals surface area contributed by atoms with Gasteiger partial charge in [0.05, 0.1) is 35.2 Å². The van der Waals surface area contributed by atoms with Crippen LogP contribution in [0.4, 0.5) is 5.13 Å². The van der Waals surface area contributed by atoms with E-state index in [0.717, 1.165) is 20.1 Å². The summed E-state index contributed by atoms with van der Waals surface area (Å²) in [5.74, 6) is 1.23. The first kappa shape index (κ1) is 21.5. The fraction of sp³-hybridized carbons (Fsp3) is 0.238. The normalized spacial score (nSPS) is 12.0. The van der Waals surface area contributed by atoms with E-state index < -0.39 is 0 Å². The van der Waals surface area contributed by atoms with E-state index in [1.807, 2.05) is 49.4 Å². The first-order chi connectivity index (χ1) is 15.1. The highest BCUT2D eigenvalue weighted by molar-refractivity contribution is 8.02. The second-order valence-electron chi connectivity index (χ2n) is 6.43. The fourth-order valence-corrected chi connectivity index (χ4v) is 5.90. The van der Waals surface area contributed by atoms with Gasteiger partial charge in [0.1, 0.15) is 11.5 Å². The highest BCUT2D eigenvalue weighted by Gasteiger charge is 2.22. The van der Waals surface area contributed by atoms with Gasteiger partial charge in [0, 0.05) is 0 Å². The number of rotatable bonds is 8. The van der Waals surface area contributed by atoms with Crippen LogP contribution in [0.2, 0.25) is 0 Å². The molecule has 0 saturated carbocycles. The summed E-state index contributed by atoms with van der Waals surface area (Å²) >= 11 is 4.35. The second kappa shape index (κ2) is 9.63. The zero-order valence-corrected chi connectivity index (χ0v) is 19.6. The number of thiazole rings is 1. The van der Waals surface area contributed by atoms with Crippen molar-refractivity contribution in [2.45, 2.75) is 22.9 Å². The highest BCUT2D eigenvalue weighted by atomic mass is 32.2. The Morgan fingerprint density at radius 2 is 1.97 bits per heavy atom. The number of ether oxygens (including phenoxy) is 2. The third-order valence-corrected chi connectivity index (χ3v) is 7.84. The fourth-order valence-electron chi connectivity index (χ4n) is 2.90. The van der Waals surface area contributed by atoms with Crippen molar-refractivity contribution in [2.75, 3.05) is 19.5 Å². The molecule has 0 aliphatic rings. The minimum absolute atomic E-state index is 0.118. The number of aromatic nitrogens is 3. The standard InChI is InChI=1S/C21H20N4O3S3/c1-4-16(29-21-22-14-7-5-6-8-17(14)30-21)18(26)23-20-25-24-19(31-20)13-11-12(27-2)9-10-15(13)28-3/h5-11,16H,4H2,1-3H3,(H,23,25,26). The van der Waals surface area contributed by atoms with Gasteiger partial charge in [0.2, 0.25) is 11.0 Å². The maximum atomic E-state index is 12.9. The molecule has 160 valence electrons. The van der Waals surface area contributed by atoms with Crippen molar-refractivity contribution < 1.29 is 14.3 Å². The summed E-state index contributed by atoms with van der Waals surface area (Å²) in [7, 11) is 3.20. The number of anilines is 1. The molecule has 2 aromatic heterocycles. The zero-order valence-electron chi connectivity index (χ0n) is 17.1. The molecule has 10 heteroatoms.